The molecule has 9 heteroatoms. The van der Waals surface area contributed by atoms with E-state index in [9.17, 15) is 18.0 Å². The van der Waals surface area contributed by atoms with Gasteiger partial charge in [0.15, 0.2) is 0 Å². The van der Waals surface area contributed by atoms with Gasteiger partial charge in [0.1, 0.15) is 9.71 Å². The Morgan fingerprint density at radius 2 is 1.93 bits per heavy atom. The van der Waals surface area contributed by atoms with Crippen LogP contribution in [0.15, 0.2) is 42.5 Å². The number of nitrogens with two attached hydrogens (primary N) is 1. The highest BCUT2D eigenvalue weighted by atomic mass is 35.5. The quantitative estimate of drug-likeness (QED) is 0.390. The molecule has 2 aromatic carbocycles. The summed E-state index contributed by atoms with van der Waals surface area (Å²) in [5.74, 6) is -0.610. The first-order valence-corrected chi connectivity index (χ1v) is 9.60. The molecule has 148 valence electrons. The van der Waals surface area contributed by atoms with Gasteiger partial charge in [0, 0.05) is 16.5 Å². The van der Waals surface area contributed by atoms with Gasteiger partial charge in [-0.3, -0.25) is 4.79 Å². The van der Waals surface area contributed by atoms with Crippen LogP contribution in [0.2, 0.25) is 5.02 Å². The van der Waals surface area contributed by atoms with Crippen LogP contribution >= 0.6 is 22.9 Å². The maximum atomic E-state index is 13.0. The van der Waals surface area contributed by atoms with Gasteiger partial charge in [-0.15, -0.1) is 11.3 Å². The van der Waals surface area contributed by atoms with E-state index in [-0.39, 0.29) is 16.3 Å². The second-order valence-electron chi connectivity index (χ2n) is 6.53. The Labute approximate surface area is 172 Å². The maximum absolute atomic E-state index is 13.0. The normalized spacial score (nSPS) is 11.9. The van der Waals surface area contributed by atoms with Gasteiger partial charge in [-0.05, 0) is 42.8 Å². The number of alkyl halides is 3. The third-order valence-corrected chi connectivity index (χ3v) is 5.85. The molecular weight excluding hydrogens is 423 g/mol. The van der Waals surface area contributed by atoms with Crippen LogP contribution in [0.4, 0.5) is 24.5 Å². The number of fused-ring (bicyclic) bond motifs is 2. The number of hydrogen-bond donors (Lipinski definition) is 2. The van der Waals surface area contributed by atoms with Crippen molar-refractivity contribution in [1.82, 2.24) is 4.98 Å². The lowest BCUT2D eigenvalue weighted by molar-refractivity contribution is -0.137. The maximum Gasteiger partial charge on any atom is 0.417 e. The van der Waals surface area contributed by atoms with E-state index in [4.69, 9.17) is 17.3 Å². The molecule has 0 aliphatic heterocycles. The molecule has 0 aliphatic carbocycles. The SMILES string of the molecule is Cc1ccc2cc3c(N)c(C(=O)Nc4ccc(Cl)c(C(F)(F)F)c4)sc3nc2c1. The summed E-state index contributed by atoms with van der Waals surface area (Å²) in [6.45, 7) is 1.95. The molecule has 3 N–H and O–H groups in total. The largest absolute Gasteiger partial charge is 0.417 e. The van der Waals surface area contributed by atoms with E-state index >= 15 is 0 Å². The topological polar surface area (TPSA) is 68.0 Å². The first-order chi connectivity index (χ1) is 13.6. The van der Waals surface area contributed by atoms with Crippen LogP contribution in [-0.2, 0) is 6.18 Å². The van der Waals surface area contributed by atoms with Crippen molar-refractivity contribution in [3.05, 3.63) is 63.5 Å². The van der Waals surface area contributed by atoms with Crippen molar-refractivity contribution in [1.29, 1.82) is 0 Å². The number of pyridine rings is 1. The molecule has 29 heavy (non-hydrogen) atoms. The molecule has 0 bridgehead atoms. The van der Waals surface area contributed by atoms with Crippen molar-refractivity contribution in [2.75, 3.05) is 11.1 Å². The van der Waals surface area contributed by atoms with Crippen LogP contribution in [0.1, 0.15) is 20.8 Å². The number of benzene rings is 2. The van der Waals surface area contributed by atoms with Crippen LogP contribution in [0.25, 0.3) is 21.1 Å². The van der Waals surface area contributed by atoms with Gasteiger partial charge in [-0.2, -0.15) is 13.2 Å². The average molecular weight is 436 g/mol. The Hall–Kier alpha value is -2.84. The minimum absolute atomic E-state index is 0.0303. The zero-order valence-electron chi connectivity index (χ0n) is 14.9. The smallest absolute Gasteiger partial charge is 0.397 e. The van der Waals surface area contributed by atoms with E-state index in [0.29, 0.717) is 10.2 Å². The molecule has 0 saturated heterocycles. The number of thiophene rings is 1. The molecule has 0 aliphatic rings. The molecule has 2 heterocycles. The molecule has 0 spiro atoms. The fraction of sp³-hybridized carbons (Fsp3) is 0.100. The Bertz CT molecular complexity index is 1280. The van der Waals surface area contributed by atoms with Crippen LogP contribution in [0.5, 0.6) is 0 Å². The predicted octanol–water partition coefficient (Wildman–Crippen LogP) is 6.26. The molecule has 1 amide bonds. The lowest BCUT2D eigenvalue weighted by atomic mass is 10.1. The summed E-state index contributed by atoms with van der Waals surface area (Å²) in [5.41, 5.74) is 7.16. The lowest BCUT2D eigenvalue weighted by Gasteiger charge is -2.11. The van der Waals surface area contributed by atoms with Crippen molar-refractivity contribution in [3.8, 4) is 0 Å². The third-order valence-electron chi connectivity index (χ3n) is 4.41. The minimum Gasteiger partial charge on any atom is -0.397 e. The number of aromatic nitrogens is 1. The van der Waals surface area contributed by atoms with Crippen molar-refractivity contribution < 1.29 is 18.0 Å². The number of aryl methyl sites for hydroxylation is 1. The number of rotatable bonds is 2. The van der Waals surface area contributed by atoms with Crippen molar-refractivity contribution in [3.63, 3.8) is 0 Å². The van der Waals surface area contributed by atoms with Crippen molar-refractivity contribution in [2.24, 2.45) is 0 Å². The summed E-state index contributed by atoms with van der Waals surface area (Å²) in [6.07, 6.45) is -4.63. The molecule has 0 atom stereocenters. The highest BCUT2D eigenvalue weighted by Crippen LogP contribution is 2.38. The van der Waals surface area contributed by atoms with Crippen LogP contribution < -0.4 is 11.1 Å². The first-order valence-electron chi connectivity index (χ1n) is 8.41. The number of nitrogen functional groups attached to an aromatic ring is 1. The second-order valence-corrected chi connectivity index (χ2v) is 7.93. The Balaban J connectivity index is 1.72. The van der Waals surface area contributed by atoms with Crippen LogP contribution in [0, 0.1) is 6.92 Å². The Morgan fingerprint density at radius 3 is 2.66 bits per heavy atom. The van der Waals surface area contributed by atoms with Gasteiger partial charge in [0.05, 0.1) is 21.8 Å². The van der Waals surface area contributed by atoms with E-state index in [0.717, 1.165) is 39.9 Å². The van der Waals surface area contributed by atoms with Gasteiger partial charge in [0.25, 0.3) is 5.91 Å². The van der Waals surface area contributed by atoms with Gasteiger partial charge in [-0.25, -0.2) is 4.98 Å². The van der Waals surface area contributed by atoms with E-state index in [1.807, 2.05) is 31.2 Å². The number of amides is 1. The van der Waals surface area contributed by atoms with Crippen molar-refractivity contribution >= 4 is 61.3 Å². The molecule has 4 aromatic rings. The highest BCUT2D eigenvalue weighted by Gasteiger charge is 2.33. The van der Waals surface area contributed by atoms with E-state index < -0.39 is 22.7 Å². The van der Waals surface area contributed by atoms with E-state index in [2.05, 4.69) is 10.3 Å². The highest BCUT2D eigenvalue weighted by molar-refractivity contribution is 7.21. The van der Waals surface area contributed by atoms with E-state index in [1.165, 1.54) is 6.07 Å². The molecule has 2 aromatic heterocycles. The summed E-state index contributed by atoms with van der Waals surface area (Å²) in [6, 6.07) is 10.8. The summed E-state index contributed by atoms with van der Waals surface area (Å²) < 4.78 is 39.1. The second kappa shape index (κ2) is 6.89. The Kier molecular flexibility index (Phi) is 4.63. The molecule has 0 radical (unpaired) electrons. The number of carbonyl (C=O) groups is 1. The third kappa shape index (κ3) is 3.61. The summed E-state index contributed by atoms with van der Waals surface area (Å²) in [5, 5.41) is 3.52. The Morgan fingerprint density at radius 1 is 1.17 bits per heavy atom. The van der Waals surface area contributed by atoms with Crippen molar-refractivity contribution in [2.45, 2.75) is 13.1 Å². The average Bonchev–Trinajstić information content (AvgIpc) is 2.96. The van der Waals surface area contributed by atoms with Gasteiger partial charge in [0.2, 0.25) is 0 Å². The summed E-state index contributed by atoms with van der Waals surface area (Å²) in [4.78, 5) is 18.0. The molecule has 0 unspecified atom stereocenters. The first kappa shape index (κ1) is 19.5. The van der Waals surface area contributed by atoms with Gasteiger partial charge < -0.3 is 11.1 Å². The number of nitrogens with zero attached hydrogens (tertiary/aromatic N) is 1. The number of carbonyl (C=O) groups excluding carboxylic acids is 1. The summed E-state index contributed by atoms with van der Waals surface area (Å²) >= 11 is 6.70. The lowest BCUT2D eigenvalue weighted by Crippen LogP contribution is -2.13. The molecular formula is C20H13ClF3N3OS. The van der Waals surface area contributed by atoms with E-state index in [1.54, 1.807) is 0 Å². The molecule has 0 fully saturated rings. The molecule has 4 rings (SSSR count). The zero-order chi connectivity index (χ0) is 20.9. The fourth-order valence-electron chi connectivity index (χ4n) is 2.98. The van der Waals surface area contributed by atoms with Crippen LogP contribution in [-0.4, -0.2) is 10.9 Å². The number of nitrogens with one attached hydrogen (secondary N) is 1. The van der Waals surface area contributed by atoms with Gasteiger partial charge >= 0.3 is 6.18 Å². The molecule has 0 saturated carbocycles. The zero-order valence-corrected chi connectivity index (χ0v) is 16.5. The number of anilines is 2. The predicted molar refractivity (Wildman–Crippen MR) is 111 cm³/mol. The number of hydrogen-bond acceptors (Lipinski definition) is 4. The van der Waals surface area contributed by atoms with Gasteiger partial charge in [-0.1, -0.05) is 23.7 Å². The standard InChI is InChI=1S/C20H13ClF3N3OS/c1-9-2-3-10-7-12-16(25)17(29-19(12)27-15(10)6-9)18(28)26-11-4-5-14(21)13(8-11)20(22,23)24/h2-8H,25H2,1H3,(H,26,28). The summed E-state index contributed by atoms with van der Waals surface area (Å²) in [7, 11) is 0. The monoisotopic (exact) mass is 435 g/mol. The molecule has 4 nitrogen and oxygen atoms in total. The minimum atomic E-state index is -4.63. The fourth-order valence-corrected chi connectivity index (χ4v) is 4.19. The van der Waals surface area contributed by atoms with Crippen LogP contribution in [0.3, 0.4) is 0 Å². The number of halogens is 4.